The van der Waals surface area contributed by atoms with Crippen molar-refractivity contribution in [2.45, 2.75) is 12.5 Å². The average molecular weight is 313 g/mol. The number of nitrogens with one attached hydrogen (secondary N) is 1. The van der Waals surface area contributed by atoms with Gasteiger partial charge >= 0.3 is 0 Å². The van der Waals surface area contributed by atoms with E-state index in [9.17, 15) is 9.90 Å². The first-order chi connectivity index (χ1) is 11.2. The Balaban J connectivity index is 1.47. The van der Waals surface area contributed by atoms with Crippen molar-refractivity contribution >= 4 is 5.91 Å². The van der Waals surface area contributed by atoms with E-state index in [0.29, 0.717) is 12.4 Å². The lowest BCUT2D eigenvalue weighted by Gasteiger charge is -2.13. The minimum atomic E-state index is -0.749. The van der Waals surface area contributed by atoms with Gasteiger partial charge in [0.15, 0.2) is 6.61 Å². The highest BCUT2D eigenvalue weighted by atomic mass is 16.5. The second kappa shape index (κ2) is 7.15. The van der Waals surface area contributed by atoms with Crippen molar-refractivity contribution < 1.29 is 19.4 Å². The van der Waals surface area contributed by atoms with E-state index in [1.165, 1.54) is 0 Å². The molecule has 120 valence electrons. The molecule has 1 amide bonds. The van der Waals surface area contributed by atoms with Gasteiger partial charge in [-0.25, -0.2) is 0 Å². The second-order valence-corrected chi connectivity index (χ2v) is 5.39. The molecule has 3 rings (SSSR count). The van der Waals surface area contributed by atoms with Gasteiger partial charge in [-0.1, -0.05) is 24.3 Å². The number of fused-ring (bicyclic) bond motifs is 1. The maximum Gasteiger partial charge on any atom is 0.258 e. The predicted octanol–water partition coefficient (Wildman–Crippen LogP) is 1.85. The molecule has 2 N–H and O–H groups in total. The van der Waals surface area contributed by atoms with Crippen LogP contribution in [0.2, 0.25) is 0 Å². The summed E-state index contributed by atoms with van der Waals surface area (Å²) >= 11 is 0. The number of hydrogen-bond donors (Lipinski definition) is 2. The van der Waals surface area contributed by atoms with Crippen LogP contribution in [-0.4, -0.2) is 30.8 Å². The molecular formula is C18H19NO4. The minimum Gasteiger partial charge on any atom is -0.493 e. The van der Waals surface area contributed by atoms with Crippen molar-refractivity contribution in [3.8, 4) is 11.5 Å². The first-order valence-corrected chi connectivity index (χ1v) is 7.60. The van der Waals surface area contributed by atoms with Crippen LogP contribution in [0.4, 0.5) is 0 Å². The highest BCUT2D eigenvalue weighted by molar-refractivity contribution is 5.77. The Morgan fingerprint density at radius 3 is 2.91 bits per heavy atom. The summed E-state index contributed by atoms with van der Waals surface area (Å²) < 4.78 is 10.8. The van der Waals surface area contributed by atoms with Crippen LogP contribution in [0.3, 0.4) is 0 Å². The SMILES string of the molecule is O=C(COc1ccccc1)NCC(O)c1ccc2c(c1)CCO2. The molecule has 5 nitrogen and oxygen atoms in total. The number of aliphatic hydroxyl groups excluding tert-OH is 1. The van der Waals surface area contributed by atoms with Crippen LogP contribution in [0, 0.1) is 0 Å². The van der Waals surface area contributed by atoms with Gasteiger partial charge in [-0.3, -0.25) is 4.79 Å². The van der Waals surface area contributed by atoms with E-state index in [2.05, 4.69) is 5.32 Å². The molecule has 2 aromatic rings. The van der Waals surface area contributed by atoms with Gasteiger partial charge in [-0.15, -0.1) is 0 Å². The third-order valence-corrected chi connectivity index (χ3v) is 3.70. The summed E-state index contributed by atoms with van der Waals surface area (Å²) in [4.78, 5) is 11.8. The Morgan fingerprint density at radius 1 is 1.26 bits per heavy atom. The smallest absolute Gasteiger partial charge is 0.258 e. The highest BCUT2D eigenvalue weighted by Gasteiger charge is 2.16. The van der Waals surface area contributed by atoms with E-state index in [0.717, 1.165) is 23.3 Å². The Bertz CT molecular complexity index is 672. The van der Waals surface area contributed by atoms with Crippen molar-refractivity contribution in [3.63, 3.8) is 0 Å². The van der Waals surface area contributed by atoms with Gasteiger partial charge in [0.1, 0.15) is 11.5 Å². The lowest BCUT2D eigenvalue weighted by molar-refractivity contribution is -0.123. The van der Waals surface area contributed by atoms with Crippen LogP contribution in [-0.2, 0) is 11.2 Å². The number of rotatable bonds is 6. The van der Waals surface area contributed by atoms with Crippen LogP contribution in [0.1, 0.15) is 17.2 Å². The Hall–Kier alpha value is -2.53. The number of hydrogen-bond acceptors (Lipinski definition) is 4. The summed E-state index contributed by atoms with van der Waals surface area (Å²) in [6.07, 6.45) is 0.106. The maximum absolute atomic E-state index is 11.8. The van der Waals surface area contributed by atoms with Crippen molar-refractivity contribution in [2.24, 2.45) is 0 Å². The summed E-state index contributed by atoms with van der Waals surface area (Å²) in [6.45, 7) is 0.758. The number of benzene rings is 2. The number of aliphatic hydroxyl groups is 1. The molecule has 1 unspecified atom stereocenters. The molecule has 5 heteroatoms. The molecule has 2 aromatic carbocycles. The number of carbonyl (C=O) groups is 1. The van der Waals surface area contributed by atoms with Crippen molar-refractivity contribution in [1.29, 1.82) is 0 Å². The van der Waals surface area contributed by atoms with E-state index in [4.69, 9.17) is 9.47 Å². The van der Waals surface area contributed by atoms with Gasteiger partial charge in [0.05, 0.1) is 12.7 Å². The molecule has 0 aromatic heterocycles. The van der Waals surface area contributed by atoms with E-state index < -0.39 is 6.10 Å². The van der Waals surface area contributed by atoms with Crippen LogP contribution >= 0.6 is 0 Å². The van der Waals surface area contributed by atoms with E-state index in [-0.39, 0.29) is 19.1 Å². The zero-order valence-corrected chi connectivity index (χ0v) is 12.7. The average Bonchev–Trinajstić information content (AvgIpc) is 3.06. The number of amides is 1. The number of ether oxygens (including phenoxy) is 2. The van der Waals surface area contributed by atoms with Gasteiger partial charge in [0.25, 0.3) is 5.91 Å². The van der Waals surface area contributed by atoms with Gasteiger partial charge in [-0.2, -0.15) is 0 Å². The Labute approximate surface area is 134 Å². The summed E-state index contributed by atoms with van der Waals surface area (Å²) in [7, 11) is 0. The quantitative estimate of drug-likeness (QED) is 0.854. The number of para-hydroxylation sites is 1. The largest absolute Gasteiger partial charge is 0.493 e. The van der Waals surface area contributed by atoms with Crippen LogP contribution in [0.5, 0.6) is 11.5 Å². The molecule has 1 heterocycles. The minimum absolute atomic E-state index is 0.0746. The van der Waals surface area contributed by atoms with E-state index in [1.54, 1.807) is 12.1 Å². The van der Waals surface area contributed by atoms with Crippen LogP contribution < -0.4 is 14.8 Å². The summed E-state index contributed by atoms with van der Waals surface area (Å²) in [5, 5.41) is 12.9. The molecule has 0 radical (unpaired) electrons. The highest BCUT2D eigenvalue weighted by Crippen LogP contribution is 2.27. The van der Waals surface area contributed by atoms with Gasteiger partial charge in [0, 0.05) is 13.0 Å². The molecule has 0 spiro atoms. The summed E-state index contributed by atoms with van der Waals surface area (Å²) in [5.41, 5.74) is 1.87. The standard InChI is InChI=1S/C18H19NO4/c20-16(13-6-7-17-14(10-13)8-9-22-17)11-19-18(21)12-23-15-4-2-1-3-5-15/h1-7,10,16,20H,8-9,11-12H2,(H,19,21). The monoisotopic (exact) mass is 313 g/mol. The lowest BCUT2D eigenvalue weighted by Crippen LogP contribution is -2.32. The summed E-state index contributed by atoms with van der Waals surface area (Å²) in [6, 6.07) is 14.7. The molecule has 0 aliphatic carbocycles. The second-order valence-electron chi connectivity index (χ2n) is 5.39. The zero-order chi connectivity index (χ0) is 16.1. The van der Waals surface area contributed by atoms with Crippen LogP contribution in [0.25, 0.3) is 0 Å². The van der Waals surface area contributed by atoms with Gasteiger partial charge in [0.2, 0.25) is 0 Å². The van der Waals surface area contributed by atoms with Gasteiger partial charge in [-0.05, 0) is 35.4 Å². The predicted molar refractivity (Wildman–Crippen MR) is 85.5 cm³/mol. The third kappa shape index (κ3) is 4.02. The first kappa shape index (κ1) is 15.4. The molecule has 0 saturated carbocycles. The fourth-order valence-corrected chi connectivity index (χ4v) is 2.46. The Morgan fingerprint density at radius 2 is 2.09 bits per heavy atom. The van der Waals surface area contributed by atoms with Crippen molar-refractivity contribution in [2.75, 3.05) is 19.8 Å². The third-order valence-electron chi connectivity index (χ3n) is 3.70. The normalized spacial score (nSPS) is 13.8. The molecule has 23 heavy (non-hydrogen) atoms. The van der Waals surface area contributed by atoms with E-state index >= 15 is 0 Å². The lowest BCUT2D eigenvalue weighted by atomic mass is 10.0. The molecule has 0 fully saturated rings. The molecular weight excluding hydrogens is 294 g/mol. The van der Waals surface area contributed by atoms with E-state index in [1.807, 2.05) is 36.4 Å². The summed E-state index contributed by atoms with van der Waals surface area (Å²) in [5.74, 6) is 1.25. The van der Waals surface area contributed by atoms with Gasteiger partial charge < -0.3 is 19.9 Å². The topological polar surface area (TPSA) is 67.8 Å². The van der Waals surface area contributed by atoms with Crippen molar-refractivity contribution in [1.82, 2.24) is 5.32 Å². The molecule has 0 bridgehead atoms. The zero-order valence-electron chi connectivity index (χ0n) is 12.7. The molecule has 1 aliphatic rings. The fourth-order valence-electron chi connectivity index (χ4n) is 2.46. The fraction of sp³-hybridized carbons (Fsp3) is 0.278. The molecule has 0 saturated heterocycles. The molecule has 1 aliphatic heterocycles. The first-order valence-electron chi connectivity index (χ1n) is 7.60. The maximum atomic E-state index is 11.8. The van der Waals surface area contributed by atoms with Crippen LogP contribution in [0.15, 0.2) is 48.5 Å². The molecule has 1 atom stereocenters. The Kier molecular flexibility index (Phi) is 4.78. The number of carbonyl (C=O) groups excluding carboxylic acids is 1. The van der Waals surface area contributed by atoms with Crippen molar-refractivity contribution in [3.05, 3.63) is 59.7 Å².